The molecule has 1 rings (SSSR count). The summed E-state index contributed by atoms with van der Waals surface area (Å²) >= 11 is 0. The molecule has 0 aromatic heterocycles. The van der Waals surface area contributed by atoms with Crippen LogP contribution in [0.4, 0.5) is 0 Å². The molecule has 2 N–H and O–H groups in total. The van der Waals surface area contributed by atoms with E-state index < -0.39 is 0 Å². The summed E-state index contributed by atoms with van der Waals surface area (Å²) in [6, 6.07) is 10.4. The van der Waals surface area contributed by atoms with Crippen molar-refractivity contribution in [3.63, 3.8) is 0 Å². The van der Waals surface area contributed by atoms with E-state index in [-0.39, 0.29) is 0 Å². The first kappa shape index (κ1) is 11.8. The van der Waals surface area contributed by atoms with Crippen molar-refractivity contribution < 1.29 is 0 Å². The molecule has 1 aromatic rings. The molecule has 0 bridgehead atoms. The van der Waals surface area contributed by atoms with Crippen molar-refractivity contribution in [2.24, 2.45) is 11.7 Å². The van der Waals surface area contributed by atoms with Gasteiger partial charge in [-0.25, -0.2) is 0 Å². The highest BCUT2D eigenvalue weighted by Crippen LogP contribution is 2.09. The Balaban J connectivity index is 2.37. The number of allylic oxidation sites excluding steroid dienone is 2. The smallest absolute Gasteiger partial charge is 0.00434 e. The standard InChI is InChI=1S/C14H21N/c1-12(2)8-10-14(15)11-9-13-6-4-3-5-7-13/h3-7,11-12H,8-10,15H2,1-2H3/b14-11-. The van der Waals surface area contributed by atoms with Gasteiger partial charge in [0.15, 0.2) is 0 Å². The largest absolute Gasteiger partial charge is 0.402 e. The fraction of sp³-hybridized carbons (Fsp3) is 0.429. The van der Waals surface area contributed by atoms with Crippen LogP contribution in [0.2, 0.25) is 0 Å². The summed E-state index contributed by atoms with van der Waals surface area (Å²) < 4.78 is 0. The monoisotopic (exact) mass is 203 g/mol. The minimum atomic E-state index is 0.730. The third-order valence-corrected chi connectivity index (χ3v) is 2.45. The molecule has 0 saturated carbocycles. The molecule has 1 heteroatoms. The third kappa shape index (κ3) is 5.26. The second kappa shape index (κ2) is 6.28. The van der Waals surface area contributed by atoms with Crippen LogP contribution in [0.1, 0.15) is 32.3 Å². The highest BCUT2D eigenvalue weighted by Gasteiger charge is 1.96. The molecule has 0 aliphatic carbocycles. The zero-order valence-corrected chi connectivity index (χ0v) is 9.74. The molecule has 0 unspecified atom stereocenters. The van der Waals surface area contributed by atoms with Crippen LogP contribution in [0.25, 0.3) is 0 Å². The fourth-order valence-corrected chi connectivity index (χ4v) is 1.42. The summed E-state index contributed by atoms with van der Waals surface area (Å²) in [6.07, 6.45) is 5.28. The van der Waals surface area contributed by atoms with Crippen LogP contribution >= 0.6 is 0 Å². The molecule has 0 spiro atoms. The summed E-state index contributed by atoms with van der Waals surface area (Å²) in [7, 11) is 0. The van der Waals surface area contributed by atoms with E-state index in [0.29, 0.717) is 0 Å². The van der Waals surface area contributed by atoms with E-state index in [1.807, 2.05) is 6.07 Å². The number of hydrogen-bond donors (Lipinski definition) is 1. The van der Waals surface area contributed by atoms with Crippen LogP contribution < -0.4 is 5.73 Å². The predicted molar refractivity (Wildman–Crippen MR) is 66.5 cm³/mol. The van der Waals surface area contributed by atoms with Gasteiger partial charge in [-0.05, 0) is 30.7 Å². The Morgan fingerprint density at radius 2 is 1.93 bits per heavy atom. The van der Waals surface area contributed by atoms with Crippen molar-refractivity contribution in [1.82, 2.24) is 0 Å². The maximum atomic E-state index is 5.93. The first-order chi connectivity index (χ1) is 7.18. The maximum absolute atomic E-state index is 5.93. The van der Waals surface area contributed by atoms with Gasteiger partial charge in [-0.2, -0.15) is 0 Å². The number of nitrogens with two attached hydrogens (primary N) is 1. The Bertz CT molecular complexity index is 298. The van der Waals surface area contributed by atoms with Crippen molar-refractivity contribution in [3.8, 4) is 0 Å². The Morgan fingerprint density at radius 1 is 1.27 bits per heavy atom. The Hall–Kier alpha value is -1.24. The van der Waals surface area contributed by atoms with Crippen molar-refractivity contribution in [3.05, 3.63) is 47.7 Å². The minimum Gasteiger partial charge on any atom is -0.402 e. The van der Waals surface area contributed by atoms with Crippen LogP contribution in [-0.4, -0.2) is 0 Å². The van der Waals surface area contributed by atoms with Gasteiger partial charge in [-0.15, -0.1) is 0 Å². The number of benzene rings is 1. The van der Waals surface area contributed by atoms with Crippen molar-refractivity contribution >= 4 is 0 Å². The van der Waals surface area contributed by atoms with Gasteiger partial charge in [-0.1, -0.05) is 50.3 Å². The van der Waals surface area contributed by atoms with E-state index >= 15 is 0 Å². The second-order valence-electron chi connectivity index (χ2n) is 4.40. The summed E-state index contributed by atoms with van der Waals surface area (Å²) in [4.78, 5) is 0. The zero-order valence-electron chi connectivity index (χ0n) is 9.74. The number of rotatable bonds is 5. The van der Waals surface area contributed by atoms with E-state index in [0.717, 1.165) is 24.5 Å². The molecule has 0 aliphatic rings. The lowest BCUT2D eigenvalue weighted by Gasteiger charge is -2.04. The lowest BCUT2D eigenvalue weighted by Crippen LogP contribution is -2.00. The molecule has 0 radical (unpaired) electrons. The van der Waals surface area contributed by atoms with Gasteiger partial charge in [0.2, 0.25) is 0 Å². The molecule has 0 heterocycles. The fourth-order valence-electron chi connectivity index (χ4n) is 1.42. The normalized spacial score (nSPS) is 12.1. The van der Waals surface area contributed by atoms with Crippen LogP contribution in [0.15, 0.2) is 42.1 Å². The Labute approximate surface area is 93.0 Å². The Kier molecular flexibility index (Phi) is 4.96. The van der Waals surface area contributed by atoms with Crippen LogP contribution in [0.5, 0.6) is 0 Å². The quantitative estimate of drug-likeness (QED) is 0.778. The van der Waals surface area contributed by atoms with Crippen LogP contribution in [-0.2, 0) is 6.42 Å². The van der Waals surface area contributed by atoms with Gasteiger partial charge in [0.1, 0.15) is 0 Å². The first-order valence-corrected chi connectivity index (χ1v) is 5.67. The van der Waals surface area contributed by atoms with Gasteiger partial charge in [0.25, 0.3) is 0 Å². The highest BCUT2D eigenvalue weighted by molar-refractivity contribution is 5.18. The highest BCUT2D eigenvalue weighted by atomic mass is 14.6. The summed E-state index contributed by atoms with van der Waals surface area (Å²) in [5, 5.41) is 0. The molecule has 0 fully saturated rings. The van der Waals surface area contributed by atoms with E-state index in [9.17, 15) is 0 Å². The second-order valence-corrected chi connectivity index (χ2v) is 4.40. The molecular weight excluding hydrogens is 182 g/mol. The molecule has 0 atom stereocenters. The van der Waals surface area contributed by atoms with Gasteiger partial charge >= 0.3 is 0 Å². The van der Waals surface area contributed by atoms with Crippen molar-refractivity contribution in [2.45, 2.75) is 33.1 Å². The van der Waals surface area contributed by atoms with E-state index in [2.05, 4.69) is 44.2 Å². The van der Waals surface area contributed by atoms with E-state index in [1.165, 1.54) is 12.0 Å². The molecule has 0 amide bonds. The minimum absolute atomic E-state index is 0.730. The lowest BCUT2D eigenvalue weighted by atomic mass is 10.1. The molecule has 15 heavy (non-hydrogen) atoms. The van der Waals surface area contributed by atoms with E-state index in [1.54, 1.807) is 0 Å². The molecule has 0 aliphatic heterocycles. The lowest BCUT2D eigenvalue weighted by molar-refractivity contribution is 0.582. The van der Waals surface area contributed by atoms with Crippen LogP contribution in [0.3, 0.4) is 0 Å². The third-order valence-electron chi connectivity index (χ3n) is 2.45. The molecule has 1 nitrogen and oxygen atoms in total. The summed E-state index contributed by atoms with van der Waals surface area (Å²) in [6.45, 7) is 4.45. The summed E-state index contributed by atoms with van der Waals surface area (Å²) in [5.74, 6) is 0.730. The molecule has 82 valence electrons. The van der Waals surface area contributed by atoms with Crippen LogP contribution in [0, 0.1) is 5.92 Å². The number of hydrogen-bond acceptors (Lipinski definition) is 1. The molecular formula is C14H21N. The van der Waals surface area contributed by atoms with Crippen molar-refractivity contribution in [1.29, 1.82) is 0 Å². The van der Waals surface area contributed by atoms with Gasteiger partial charge < -0.3 is 5.73 Å². The predicted octanol–water partition coefficient (Wildman–Crippen LogP) is 3.51. The van der Waals surface area contributed by atoms with Gasteiger partial charge in [0, 0.05) is 5.70 Å². The first-order valence-electron chi connectivity index (χ1n) is 5.67. The van der Waals surface area contributed by atoms with Gasteiger partial charge in [-0.3, -0.25) is 0 Å². The van der Waals surface area contributed by atoms with Gasteiger partial charge in [0.05, 0.1) is 0 Å². The zero-order chi connectivity index (χ0) is 11.1. The summed E-state index contributed by atoms with van der Waals surface area (Å²) in [5.41, 5.74) is 8.28. The van der Waals surface area contributed by atoms with E-state index in [4.69, 9.17) is 5.73 Å². The Morgan fingerprint density at radius 3 is 2.53 bits per heavy atom. The maximum Gasteiger partial charge on any atom is 0.00434 e. The average molecular weight is 203 g/mol. The SMILES string of the molecule is CC(C)CC/C(N)=C/Cc1ccccc1. The average Bonchev–Trinajstić information content (AvgIpc) is 2.25. The topological polar surface area (TPSA) is 26.0 Å². The molecule has 1 aromatic carbocycles. The molecule has 0 saturated heterocycles. The van der Waals surface area contributed by atoms with Crippen molar-refractivity contribution in [2.75, 3.05) is 0 Å².